The van der Waals surface area contributed by atoms with Gasteiger partial charge in [-0.1, -0.05) is 67.9 Å². The molecule has 2 heterocycles. The first-order valence-corrected chi connectivity index (χ1v) is 12.6. The van der Waals surface area contributed by atoms with Gasteiger partial charge in [0, 0.05) is 36.6 Å². The molecule has 0 bridgehead atoms. The first kappa shape index (κ1) is 23.5. The summed E-state index contributed by atoms with van der Waals surface area (Å²) in [6.45, 7) is 5.81. The number of ether oxygens (including phenoxy) is 2. The van der Waals surface area contributed by atoms with Crippen molar-refractivity contribution in [2.75, 3.05) is 6.79 Å². The molecule has 6 heteroatoms. The van der Waals surface area contributed by atoms with Crippen LogP contribution in [0.3, 0.4) is 0 Å². The minimum Gasteiger partial charge on any atom is -0.454 e. The summed E-state index contributed by atoms with van der Waals surface area (Å²) in [6, 6.07) is 25.0. The average molecular weight is 486 g/mol. The molecule has 35 heavy (non-hydrogen) atoms. The molecule has 1 aliphatic heterocycles. The van der Waals surface area contributed by atoms with Crippen LogP contribution in [0.4, 0.5) is 0 Å². The van der Waals surface area contributed by atoms with Crippen molar-refractivity contribution in [3.8, 4) is 22.9 Å². The molecule has 0 fully saturated rings. The largest absolute Gasteiger partial charge is 0.454 e. The van der Waals surface area contributed by atoms with Crippen molar-refractivity contribution in [3.05, 3.63) is 95.8 Å². The molecule has 0 spiro atoms. The zero-order chi connectivity index (χ0) is 24.0. The summed E-state index contributed by atoms with van der Waals surface area (Å²) in [4.78, 5) is 8.31. The molecule has 5 rings (SSSR count). The predicted molar refractivity (Wildman–Crippen MR) is 142 cm³/mol. The van der Waals surface area contributed by atoms with Crippen molar-refractivity contribution < 1.29 is 9.47 Å². The molecular formula is C29H31N3O2S. The Hall–Kier alpha value is -3.22. The van der Waals surface area contributed by atoms with E-state index in [0.29, 0.717) is 0 Å². The van der Waals surface area contributed by atoms with Crippen LogP contribution in [0, 0.1) is 0 Å². The molecule has 4 aromatic rings. The number of hydrogen-bond donors (Lipinski definition) is 1. The number of hydrogen-bond acceptors (Lipinski definition) is 5. The number of unbranched alkanes of at least 4 members (excludes halogenated alkanes) is 1. The molecule has 180 valence electrons. The molecule has 0 N–H and O–H groups in total. The first-order valence-electron chi connectivity index (χ1n) is 12.2. The number of fused-ring (bicyclic) bond motifs is 1. The summed E-state index contributed by atoms with van der Waals surface area (Å²) in [7, 11) is 0. The van der Waals surface area contributed by atoms with Crippen molar-refractivity contribution in [1.29, 1.82) is 0 Å². The summed E-state index contributed by atoms with van der Waals surface area (Å²) in [5.41, 5.74) is 4.76. The molecule has 0 radical (unpaired) electrons. The fourth-order valence-electron chi connectivity index (χ4n) is 4.50. The standard InChI is InChI=1S/C29H31N3O2S/c1-2-3-15-32-25(17-30-29(32)23-9-5-4-6-10-23)20-31(19-24-11-7-8-12-28(24)35)18-22-13-14-26-27(16-22)34-21-33-26/h4-14,16-17,35H,2-3,15,18-21H2,1H3. The number of aromatic nitrogens is 2. The van der Waals surface area contributed by atoms with Gasteiger partial charge in [-0.25, -0.2) is 4.98 Å². The molecule has 0 saturated heterocycles. The molecule has 3 aromatic carbocycles. The number of nitrogens with zero attached hydrogens (tertiary/aromatic N) is 3. The van der Waals surface area contributed by atoms with Gasteiger partial charge in [-0.05, 0) is 35.7 Å². The van der Waals surface area contributed by atoms with Crippen LogP contribution in [0.5, 0.6) is 11.5 Å². The Balaban J connectivity index is 1.45. The maximum Gasteiger partial charge on any atom is 0.231 e. The molecule has 1 aliphatic rings. The summed E-state index contributed by atoms with van der Waals surface area (Å²) in [6.07, 6.45) is 4.29. The monoisotopic (exact) mass is 485 g/mol. The Kier molecular flexibility index (Phi) is 7.40. The van der Waals surface area contributed by atoms with Gasteiger partial charge >= 0.3 is 0 Å². The van der Waals surface area contributed by atoms with Crippen molar-refractivity contribution in [1.82, 2.24) is 14.5 Å². The van der Waals surface area contributed by atoms with E-state index in [9.17, 15) is 0 Å². The van der Waals surface area contributed by atoms with Gasteiger partial charge in [0.2, 0.25) is 6.79 Å². The zero-order valence-corrected chi connectivity index (χ0v) is 21.0. The lowest BCUT2D eigenvalue weighted by Gasteiger charge is -2.24. The van der Waals surface area contributed by atoms with E-state index >= 15 is 0 Å². The smallest absolute Gasteiger partial charge is 0.231 e. The van der Waals surface area contributed by atoms with E-state index in [1.54, 1.807) is 0 Å². The fraction of sp³-hybridized carbons (Fsp3) is 0.276. The maximum absolute atomic E-state index is 5.63. The van der Waals surface area contributed by atoms with E-state index < -0.39 is 0 Å². The second-order valence-corrected chi connectivity index (χ2v) is 9.39. The topological polar surface area (TPSA) is 39.5 Å². The molecule has 0 atom stereocenters. The van der Waals surface area contributed by atoms with Gasteiger partial charge in [0.25, 0.3) is 0 Å². The number of benzene rings is 3. The lowest BCUT2D eigenvalue weighted by atomic mass is 10.1. The second-order valence-electron chi connectivity index (χ2n) is 8.91. The highest BCUT2D eigenvalue weighted by molar-refractivity contribution is 7.80. The zero-order valence-electron chi connectivity index (χ0n) is 20.1. The summed E-state index contributed by atoms with van der Waals surface area (Å²) in [5, 5.41) is 0. The molecular weight excluding hydrogens is 454 g/mol. The Bertz CT molecular complexity index is 1270. The molecule has 1 aromatic heterocycles. The van der Waals surface area contributed by atoms with E-state index in [1.807, 2.05) is 24.4 Å². The fourth-order valence-corrected chi connectivity index (χ4v) is 4.73. The van der Waals surface area contributed by atoms with Gasteiger partial charge in [0.05, 0.1) is 11.9 Å². The maximum atomic E-state index is 5.63. The normalized spacial score (nSPS) is 12.4. The van der Waals surface area contributed by atoms with Crippen LogP contribution in [0.1, 0.15) is 36.6 Å². The van der Waals surface area contributed by atoms with Crippen LogP contribution < -0.4 is 9.47 Å². The number of thiol groups is 1. The van der Waals surface area contributed by atoms with Gasteiger partial charge in [-0.2, -0.15) is 0 Å². The van der Waals surface area contributed by atoms with E-state index in [0.717, 1.165) is 66.8 Å². The third-order valence-corrected chi connectivity index (χ3v) is 6.76. The van der Waals surface area contributed by atoms with Gasteiger partial charge in [0.15, 0.2) is 11.5 Å². The third-order valence-electron chi connectivity index (χ3n) is 6.32. The Morgan fingerprint density at radius 3 is 2.54 bits per heavy atom. The van der Waals surface area contributed by atoms with Crippen LogP contribution in [0.15, 0.2) is 83.9 Å². The lowest BCUT2D eigenvalue weighted by molar-refractivity contribution is 0.174. The molecule has 5 nitrogen and oxygen atoms in total. The lowest BCUT2D eigenvalue weighted by Crippen LogP contribution is -2.24. The molecule has 0 unspecified atom stereocenters. The quantitative estimate of drug-likeness (QED) is 0.258. The second kappa shape index (κ2) is 11.0. The summed E-state index contributed by atoms with van der Waals surface area (Å²) >= 11 is 4.72. The summed E-state index contributed by atoms with van der Waals surface area (Å²) in [5.74, 6) is 2.66. The predicted octanol–water partition coefficient (Wildman–Crippen LogP) is 6.57. The average Bonchev–Trinajstić information content (AvgIpc) is 3.51. The highest BCUT2D eigenvalue weighted by Gasteiger charge is 2.18. The van der Waals surface area contributed by atoms with Crippen LogP contribution >= 0.6 is 12.6 Å². The van der Waals surface area contributed by atoms with Crippen LogP contribution in [-0.4, -0.2) is 21.2 Å². The van der Waals surface area contributed by atoms with Gasteiger partial charge in [0.1, 0.15) is 5.82 Å². The Labute approximate surface area is 212 Å². The number of rotatable bonds is 10. The van der Waals surface area contributed by atoms with E-state index in [4.69, 9.17) is 27.1 Å². The van der Waals surface area contributed by atoms with Crippen LogP contribution in [0.25, 0.3) is 11.4 Å². The highest BCUT2D eigenvalue weighted by atomic mass is 32.1. The van der Waals surface area contributed by atoms with E-state index in [-0.39, 0.29) is 6.79 Å². The highest BCUT2D eigenvalue weighted by Crippen LogP contribution is 2.33. The van der Waals surface area contributed by atoms with Gasteiger partial charge < -0.3 is 14.0 Å². The van der Waals surface area contributed by atoms with Crippen molar-refractivity contribution in [2.45, 2.75) is 50.8 Å². The van der Waals surface area contributed by atoms with Gasteiger partial charge in [-0.3, -0.25) is 4.90 Å². The minimum absolute atomic E-state index is 0.286. The molecule has 0 amide bonds. The SMILES string of the molecule is CCCCn1c(CN(Cc2ccc3c(c2)OCO3)Cc2ccccc2S)cnc1-c1ccccc1. The van der Waals surface area contributed by atoms with Gasteiger partial charge in [-0.15, -0.1) is 12.6 Å². The number of imidazole rings is 1. The van der Waals surface area contributed by atoms with E-state index in [1.165, 1.54) is 16.8 Å². The van der Waals surface area contributed by atoms with Crippen LogP contribution in [-0.2, 0) is 26.2 Å². The van der Waals surface area contributed by atoms with Crippen molar-refractivity contribution in [2.24, 2.45) is 0 Å². The minimum atomic E-state index is 0.286. The van der Waals surface area contributed by atoms with Crippen LogP contribution in [0.2, 0.25) is 0 Å². The third kappa shape index (κ3) is 5.55. The van der Waals surface area contributed by atoms with Crippen molar-refractivity contribution in [3.63, 3.8) is 0 Å². The summed E-state index contributed by atoms with van der Waals surface area (Å²) < 4.78 is 13.5. The molecule has 0 saturated carbocycles. The Morgan fingerprint density at radius 1 is 0.914 bits per heavy atom. The Morgan fingerprint density at radius 2 is 1.71 bits per heavy atom. The van der Waals surface area contributed by atoms with Crippen molar-refractivity contribution >= 4 is 12.6 Å². The first-order chi connectivity index (χ1) is 17.2. The van der Waals surface area contributed by atoms with E-state index in [2.05, 4.69) is 71.0 Å². The molecule has 0 aliphatic carbocycles.